The molecule has 0 radical (unpaired) electrons. The summed E-state index contributed by atoms with van der Waals surface area (Å²) in [6, 6.07) is 4.42. The molecule has 0 saturated carbocycles. The first-order valence-corrected chi connectivity index (χ1v) is 13.2. The van der Waals surface area contributed by atoms with Crippen LogP contribution in [-0.2, 0) is 21.7 Å². The highest BCUT2D eigenvalue weighted by atomic mass is 35.5. The van der Waals surface area contributed by atoms with Crippen molar-refractivity contribution in [1.29, 1.82) is 0 Å². The van der Waals surface area contributed by atoms with E-state index in [1.807, 2.05) is 0 Å². The van der Waals surface area contributed by atoms with Gasteiger partial charge in [0.15, 0.2) is 5.78 Å². The van der Waals surface area contributed by atoms with E-state index >= 15 is 4.39 Å². The molecule has 34 heavy (non-hydrogen) atoms. The minimum Gasteiger partial charge on any atom is -0.386 e. The Hall–Kier alpha value is -2.39. The molecule has 10 heteroatoms. The zero-order chi connectivity index (χ0) is 24.9. The molecule has 2 N–H and O–H groups in total. The van der Waals surface area contributed by atoms with Crippen LogP contribution in [0, 0.1) is 12.7 Å². The van der Waals surface area contributed by atoms with Gasteiger partial charge in [-0.3, -0.25) is 19.8 Å². The number of rotatable bonds is 4. The van der Waals surface area contributed by atoms with E-state index in [2.05, 4.69) is 14.3 Å². The van der Waals surface area contributed by atoms with E-state index < -0.39 is 31.1 Å². The van der Waals surface area contributed by atoms with E-state index in [9.17, 15) is 9.00 Å². The van der Waals surface area contributed by atoms with Crippen LogP contribution in [-0.4, -0.2) is 42.3 Å². The van der Waals surface area contributed by atoms with Gasteiger partial charge in [-0.1, -0.05) is 18.0 Å². The zero-order valence-electron chi connectivity index (χ0n) is 19.8. The maximum atomic E-state index is 15.3. The number of nitrogens with two attached hydrogens (primary N) is 1. The number of pyridine rings is 2. The number of Topliss-reactive ketones (excluding diaryl/α,β-unsaturated/α-hetero) is 1. The Morgan fingerprint density at radius 1 is 1.29 bits per heavy atom. The Balaban J connectivity index is 1.80. The summed E-state index contributed by atoms with van der Waals surface area (Å²) in [5.74, 6) is -0.669. The molecular formula is C24H29ClFN5O2S. The van der Waals surface area contributed by atoms with Crippen molar-refractivity contribution < 1.29 is 13.4 Å². The van der Waals surface area contributed by atoms with Crippen LogP contribution in [0.5, 0.6) is 0 Å². The monoisotopic (exact) mass is 505 g/mol. The van der Waals surface area contributed by atoms with E-state index in [1.54, 1.807) is 33.8 Å². The molecule has 2 aliphatic rings. The van der Waals surface area contributed by atoms with Gasteiger partial charge in [0.2, 0.25) is 0 Å². The third-order valence-electron chi connectivity index (χ3n) is 6.90. The van der Waals surface area contributed by atoms with Gasteiger partial charge in [-0.15, -0.1) is 0 Å². The molecule has 7 nitrogen and oxygen atoms in total. The van der Waals surface area contributed by atoms with Crippen LogP contribution in [0.15, 0.2) is 33.8 Å². The number of fused-ring (bicyclic) bond motifs is 1. The molecule has 0 fully saturated rings. The number of ketones is 1. The van der Waals surface area contributed by atoms with Crippen LogP contribution in [0.2, 0.25) is 5.02 Å². The summed E-state index contributed by atoms with van der Waals surface area (Å²) in [5, 5.41) is -0.116. The number of halogens is 2. The lowest BCUT2D eigenvalue weighted by Gasteiger charge is -2.46. The molecule has 0 aromatic carbocycles. The summed E-state index contributed by atoms with van der Waals surface area (Å²) >= 11 is 5.95. The Bertz CT molecular complexity index is 1320. The number of carbonyl (C=O) groups excluding carboxylic acids is 1. The Kier molecular flexibility index (Phi) is 6.31. The van der Waals surface area contributed by atoms with E-state index in [1.165, 1.54) is 18.3 Å². The summed E-state index contributed by atoms with van der Waals surface area (Å²) in [6.07, 6.45) is 3.51. The highest BCUT2D eigenvalue weighted by Crippen LogP contribution is 2.46. The number of nitrogens with zero attached hydrogens (tertiary/aromatic N) is 4. The predicted octanol–water partition coefficient (Wildman–Crippen LogP) is 4.39. The van der Waals surface area contributed by atoms with Gasteiger partial charge >= 0.3 is 0 Å². The first kappa shape index (κ1) is 24.7. The van der Waals surface area contributed by atoms with Crippen LogP contribution >= 0.6 is 11.6 Å². The number of aliphatic imine (C=N–C) groups is 1. The molecule has 0 bridgehead atoms. The van der Waals surface area contributed by atoms with Crippen molar-refractivity contribution in [2.24, 2.45) is 15.1 Å². The predicted molar refractivity (Wildman–Crippen MR) is 132 cm³/mol. The molecule has 4 heterocycles. The molecule has 2 aromatic rings. The SMILES string of the molecule is Cc1cc(Cl)cnc1C(=O)Cc1ccc(F)c([C@@]2(C)N=C(N)C(C)(C)[S@]3(=O)=NCCCC[C@@H]23)n1. The van der Waals surface area contributed by atoms with Gasteiger partial charge < -0.3 is 5.73 Å². The fraction of sp³-hybridized carbons (Fsp3) is 0.500. The Morgan fingerprint density at radius 3 is 2.74 bits per heavy atom. The van der Waals surface area contributed by atoms with Gasteiger partial charge in [0, 0.05) is 18.4 Å². The van der Waals surface area contributed by atoms with E-state index in [0.717, 1.165) is 12.8 Å². The van der Waals surface area contributed by atoms with Gasteiger partial charge in [-0.05, 0) is 64.3 Å². The molecule has 0 saturated heterocycles. The van der Waals surface area contributed by atoms with Crippen LogP contribution in [0.25, 0.3) is 0 Å². The first-order valence-electron chi connectivity index (χ1n) is 11.3. The fourth-order valence-corrected chi connectivity index (χ4v) is 8.27. The number of aromatic nitrogens is 2. The summed E-state index contributed by atoms with van der Waals surface area (Å²) in [6.45, 7) is 7.53. The Morgan fingerprint density at radius 2 is 2.03 bits per heavy atom. The molecule has 2 aromatic heterocycles. The standard InChI is InChI=1S/C24H29ClFN5O2S/c1-14-11-15(25)13-28-20(14)18(32)12-16-8-9-17(26)21(30-16)24(4)19-7-5-6-10-29-34(19,33)23(2,3)22(27)31-24/h8-9,11,13,19H,5-7,10,12H2,1-4H3,(H2,27,31)/t19-,24-,34-/m0/s1. The van der Waals surface area contributed by atoms with Gasteiger partial charge in [0.25, 0.3) is 0 Å². The maximum absolute atomic E-state index is 15.3. The molecule has 0 unspecified atom stereocenters. The second kappa shape index (κ2) is 8.68. The molecule has 182 valence electrons. The first-order chi connectivity index (χ1) is 15.9. The summed E-state index contributed by atoms with van der Waals surface area (Å²) < 4.78 is 33.3. The lowest BCUT2D eigenvalue weighted by Crippen LogP contribution is -2.59. The molecule has 0 amide bonds. The van der Waals surface area contributed by atoms with Crippen LogP contribution in [0.1, 0.15) is 67.5 Å². The van der Waals surface area contributed by atoms with Gasteiger partial charge in [-0.2, -0.15) is 0 Å². The minimum atomic E-state index is -2.88. The smallest absolute Gasteiger partial charge is 0.187 e. The average Bonchev–Trinajstić information content (AvgIpc) is 2.97. The van der Waals surface area contributed by atoms with Crippen LogP contribution in [0.4, 0.5) is 4.39 Å². The minimum absolute atomic E-state index is 0.0341. The van der Waals surface area contributed by atoms with Crippen molar-refractivity contribution in [3.05, 3.63) is 57.9 Å². The van der Waals surface area contributed by atoms with Gasteiger partial charge in [0.05, 0.1) is 26.4 Å². The number of aryl methyl sites for hydroxylation is 1. The van der Waals surface area contributed by atoms with E-state index in [0.29, 0.717) is 29.2 Å². The van der Waals surface area contributed by atoms with E-state index in [-0.39, 0.29) is 29.4 Å². The normalized spacial score (nSPS) is 28.3. The maximum Gasteiger partial charge on any atom is 0.187 e. The number of carbonyl (C=O) groups is 1. The largest absolute Gasteiger partial charge is 0.386 e. The quantitative estimate of drug-likeness (QED) is 0.619. The summed E-state index contributed by atoms with van der Waals surface area (Å²) in [4.78, 5) is 26.3. The van der Waals surface area contributed by atoms with Gasteiger partial charge in [-0.25, -0.2) is 13.0 Å². The fourth-order valence-electron chi connectivity index (χ4n) is 4.83. The van der Waals surface area contributed by atoms with Crippen molar-refractivity contribution in [2.75, 3.05) is 6.54 Å². The molecule has 0 aliphatic carbocycles. The third kappa shape index (κ3) is 3.92. The molecular weight excluding hydrogens is 477 g/mol. The van der Waals surface area contributed by atoms with Crippen LogP contribution in [0.3, 0.4) is 0 Å². The van der Waals surface area contributed by atoms with Crippen molar-refractivity contribution in [3.63, 3.8) is 0 Å². The molecule has 2 aliphatic heterocycles. The van der Waals surface area contributed by atoms with Crippen molar-refractivity contribution in [2.45, 2.75) is 68.9 Å². The average molecular weight is 506 g/mol. The highest BCUT2D eigenvalue weighted by Gasteiger charge is 2.56. The second-order valence-electron chi connectivity index (χ2n) is 9.61. The summed E-state index contributed by atoms with van der Waals surface area (Å²) in [5.41, 5.74) is 6.40. The van der Waals surface area contributed by atoms with Crippen molar-refractivity contribution in [1.82, 2.24) is 9.97 Å². The molecule has 4 rings (SSSR count). The van der Waals surface area contributed by atoms with E-state index in [4.69, 9.17) is 22.3 Å². The third-order valence-corrected chi connectivity index (χ3v) is 10.8. The number of hydrogen-bond acceptors (Lipinski definition) is 7. The molecule has 0 spiro atoms. The molecule has 3 atom stereocenters. The number of amidine groups is 1. The lowest BCUT2D eigenvalue weighted by atomic mass is 9.88. The van der Waals surface area contributed by atoms with Gasteiger partial charge in [0.1, 0.15) is 33.3 Å². The second-order valence-corrected chi connectivity index (χ2v) is 13.0. The summed E-state index contributed by atoms with van der Waals surface area (Å²) in [7, 11) is -2.88. The van der Waals surface area contributed by atoms with Crippen molar-refractivity contribution >= 4 is 32.9 Å². The topological polar surface area (TPSA) is 111 Å². The zero-order valence-corrected chi connectivity index (χ0v) is 21.3. The number of hydrogen-bond donors (Lipinski definition) is 1. The van der Waals surface area contributed by atoms with Crippen molar-refractivity contribution in [3.8, 4) is 0 Å². The Labute approximate surface area is 204 Å². The highest BCUT2D eigenvalue weighted by molar-refractivity contribution is 7.96. The lowest BCUT2D eigenvalue weighted by molar-refractivity contribution is 0.0986. The van der Waals surface area contributed by atoms with Crippen LogP contribution < -0.4 is 5.73 Å².